The van der Waals surface area contributed by atoms with Gasteiger partial charge in [0.2, 0.25) is 15.9 Å². The quantitative estimate of drug-likeness (QED) is 0.596. The van der Waals surface area contributed by atoms with Gasteiger partial charge < -0.3 is 10.1 Å². The first-order chi connectivity index (χ1) is 13.8. The summed E-state index contributed by atoms with van der Waals surface area (Å²) in [6, 6.07) is 4.24. The minimum atomic E-state index is -4.95. The number of benzene rings is 2. The number of carbonyl (C=O) groups is 1. The molecule has 0 fully saturated rings. The Balaban J connectivity index is 2.14. The van der Waals surface area contributed by atoms with Crippen LogP contribution in [-0.2, 0) is 21.0 Å². The molecule has 6 nitrogen and oxygen atoms in total. The van der Waals surface area contributed by atoms with Gasteiger partial charge in [-0.25, -0.2) is 12.8 Å². The molecule has 0 saturated heterocycles. The van der Waals surface area contributed by atoms with E-state index in [0.29, 0.717) is 18.7 Å². The summed E-state index contributed by atoms with van der Waals surface area (Å²) in [5.74, 6) is -2.17. The smallest absolute Gasteiger partial charge is 0.419 e. The fourth-order valence-corrected chi connectivity index (χ4v) is 3.87. The molecule has 12 heteroatoms. The van der Waals surface area contributed by atoms with Gasteiger partial charge in [0.05, 0.1) is 28.1 Å². The van der Waals surface area contributed by atoms with Crippen LogP contribution in [0.25, 0.3) is 0 Å². The van der Waals surface area contributed by atoms with Crippen molar-refractivity contribution in [1.82, 2.24) is 4.72 Å². The molecule has 1 amide bonds. The van der Waals surface area contributed by atoms with E-state index in [1.165, 1.54) is 19.1 Å². The van der Waals surface area contributed by atoms with E-state index in [1.54, 1.807) is 6.92 Å². The maximum Gasteiger partial charge on any atom is 0.419 e. The lowest BCUT2D eigenvalue weighted by atomic mass is 10.1. The first-order valence-corrected chi connectivity index (χ1v) is 10.3. The molecule has 1 atom stereocenters. The maximum atomic E-state index is 13.3. The van der Waals surface area contributed by atoms with Gasteiger partial charge in [-0.05, 0) is 50.2 Å². The molecule has 164 valence electrons. The molecule has 0 radical (unpaired) electrons. The van der Waals surface area contributed by atoms with E-state index in [4.69, 9.17) is 16.3 Å². The molecule has 2 aromatic carbocycles. The number of amides is 1. The van der Waals surface area contributed by atoms with Crippen LogP contribution in [0.4, 0.5) is 23.2 Å². The molecule has 0 bridgehead atoms. The Hall–Kier alpha value is -2.37. The highest BCUT2D eigenvalue weighted by atomic mass is 35.5. The normalized spacial score (nSPS) is 13.0. The zero-order chi connectivity index (χ0) is 22.7. The summed E-state index contributed by atoms with van der Waals surface area (Å²) in [4.78, 5) is 12.0. The number of carbonyl (C=O) groups excluding carboxylic acids is 1. The zero-order valence-corrected chi connectivity index (χ0v) is 17.3. The van der Waals surface area contributed by atoms with Crippen LogP contribution in [0.3, 0.4) is 0 Å². The topological polar surface area (TPSA) is 84.5 Å². The van der Waals surface area contributed by atoms with E-state index in [2.05, 4.69) is 10.0 Å². The van der Waals surface area contributed by atoms with Gasteiger partial charge >= 0.3 is 6.18 Å². The van der Waals surface area contributed by atoms with Crippen LogP contribution in [-0.4, -0.2) is 27.0 Å². The lowest BCUT2D eigenvalue weighted by Gasteiger charge is -2.16. The minimum Gasteiger partial charge on any atom is -0.492 e. The average Bonchev–Trinajstić information content (AvgIpc) is 2.63. The summed E-state index contributed by atoms with van der Waals surface area (Å²) < 4.78 is 83.9. The monoisotopic (exact) mass is 468 g/mol. The van der Waals surface area contributed by atoms with Crippen molar-refractivity contribution in [2.45, 2.75) is 31.0 Å². The van der Waals surface area contributed by atoms with Crippen LogP contribution in [0, 0.1) is 5.82 Å². The van der Waals surface area contributed by atoms with Crippen LogP contribution in [0.15, 0.2) is 41.3 Å². The van der Waals surface area contributed by atoms with Crippen molar-refractivity contribution in [3.05, 3.63) is 52.8 Å². The largest absolute Gasteiger partial charge is 0.492 e. The number of alkyl halides is 3. The van der Waals surface area contributed by atoms with Crippen molar-refractivity contribution in [2.75, 3.05) is 11.9 Å². The van der Waals surface area contributed by atoms with E-state index >= 15 is 0 Å². The predicted molar refractivity (Wildman–Crippen MR) is 102 cm³/mol. The fourth-order valence-electron chi connectivity index (χ4n) is 2.35. The number of ether oxygens (including phenoxy) is 1. The van der Waals surface area contributed by atoms with Crippen molar-refractivity contribution in [1.29, 1.82) is 0 Å². The van der Waals surface area contributed by atoms with Gasteiger partial charge in [-0.15, -0.1) is 0 Å². The first-order valence-electron chi connectivity index (χ1n) is 8.47. The van der Waals surface area contributed by atoms with Crippen molar-refractivity contribution >= 4 is 33.2 Å². The molecular weight excluding hydrogens is 452 g/mol. The second-order valence-corrected chi connectivity index (χ2v) is 8.17. The lowest BCUT2D eigenvalue weighted by Crippen LogP contribution is -2.41. The molecule has 2 N–H and O–H groups in total. The third kappa shape index (κ3) is 5.83. The number of rotatable bonds is 7. The molecule has 0 heterocycles. The summed E-state index contributed by atoms with van der Waals surface area (Å²) in [7, 11) is -4.18. The summed E-state index contributed by atoms with van der Waals surface area (Å²) in [6.45, 7) is 3.24. The van der Waals surface area contributed by atoms with Gasteiger partial charge in [0.1, 0.15) is 11.6 Å². The second-order valence-electron chi connectivity index (χ2n) is 6.05. The fraction of sp³-hybridized carbons (Fsp3) is 0.278. The first kappa shape index (κ1) is 23.9. The standard InChI is InChI=1S/C18H17ClF4N2O4S/c1-3-29-16-7-5-12(9-14(16)19)30(27,28)25-10(2)17(26)24-11-4-6-15(20)13(8-11)18(21,22)23/h4-10,25H,3H2,1-2H3,(H,24,26)/t10-/m1/s1. The summed E-state index contributed by atoms with van der Waals surface area (Å²) in [5, 5.41) is 2.16. The molecule has 0 aliphatic rings. The van der Waals surface area contributed by atoms with Gasteiger partial charge in [0.15, 0.2) is 0 Å². The van der Waals surface area contributed by atoms with Crippen molar-refractivity contribution in [3.8, 4) is 5.75 Å². The Kier molecular flexibility index (Phi) is 7.32. The molecule has 0 spiro atoms. The van der Waals surface area contributed by atoms with Gasteiger partial charge in [0.25, 0.3) is 0 Å². The Morgan fingerprint density at radius 2 is 1.87 bits per heavy atom. The highest BCUT2D eigenvalue weighted by Crippen LogP contribution is 2.33. The Labute approximate surface area is 175 Å². The van der Waals surface area contributed by atoms with Crippen LogP contribution in [0.1, 0.15) is 19.4 Å². The lowest BCUT2D eigenvalue weighted by molar-refractivity contribution is -0.140. The number of hydrogen-bond donors (Lipinski definition) is 2. The van der Waals surface area contributed by atoms with Crippen LogP contribution in [0.5, 0.6) is 5.75 Å². The Morgan fingerprint density at radius 1 is 1.20 bits per heavy atom. The maximum absolute atomic E-state index is 13.3. The number of anilines is 1. The summed E-state index contributed by atoms with van der Waals surface area (Å²) in [6.07, 6.45) is -4.95. The molecule has 0 aliphatic heterocycles. The van der Waals surface area contributed by atoms with Gasteiger partial charge in [-0.1, -0.05) is 11.6 Å². The van der Waals surface area contributed by atoms with E-state index in [-0.39, 0.29) is 21.4 Å². The van der Waals surface area contributed by atoms with Gasteiger partial charge in [-0.3, -0.25) is 4.79 Å². The van der Waals surface area contributed by atoms with E-state index < -0.39 is 39.5 Å². The number of nitrogens with one attached hydrogen (secondary N) is 2. The van der Waals surface area contributed by atoms with Crippen molar-refractivity contribution in [3.63, 3.8) is 0 Å². The summed E-state index contributed by atoms with van der Waals surface area (Å²) >= 11 is 5.97. The third-order valence-electron chi connectivity index (χ3n) is 3.78. The average molecular weight is 469 g/mol. The number of halogens is 5. The van der Waals surface area contributed by atoms with Crippen LogP contribution in [0.2, 0.25) is 5.02 Å². The van der Waals surface area contributed by atoms with Gasteiger partial charge in [-0.2, -0.15) is 17.9 Å². The zero-order valence-electron chi connectivity index (χ0n) is 15.7. The van der Waals surface area contributed by atoms with Crippen LogP contribution < -0.4 is 14.8 Å². The van der Waals surface area contributed by atoms with E-state index in [0.717, 1.165) is 12.1 Å². The highest BCUT2D eigenvalue weighted by molar-refractivity contribution is 7.89. The molecule has 0 unspecified atom stereocenters. The Morgan fingerprint density at radius 3 is 2.43 bits per heavy atom. The predicted octanol–water partition coefficient (Wildman–Crippen LogP) is 4.20. The van der Waals surface area contributed by atoms with E-state index in [1.807, 2.05) is 0 Å². The highest BCUT2D eigenvalue weighted by Gasteiger charge is 2.34. The van der Waals surface area contributed by atoms with Crippen molar-refractivity contribution in [2.24, 2.45) is 0 Å². The SMILES string of the molecule is CCOc1ccc(S(=O)(=O)N[C@H](C)C(=O)Nc2ccc(F)c(C(F)(F)F)c2)cc1Cl. The Bertz CT molecular complexity index is 1040. The minimum absolute atomic E-state index is 0.0443. The third-order valence-corrected chi connectivity index (χ3v) is 5.61. The van der Waals surface area contributed by atoms with Crippen molar-refractivity contribution < 1.29 is 35.5 Å². The number of sulfonamides is 1. The molecule has 2 aromatic rings. The molecular formula is C18H17ClF4N2O4S. The molecule has 0 aliphatic carbocycles. The van der Waals surface area contributed by atoms with Crippen LogP contribution >= 0.6 is 11.6 Å². The molecule has 0 aromatic heterocycles. The molecule has 0 saturated carbocycles. The summed E-state index contributed by atoms with van der Waals surface area (Å²) in [5.41, 5.74) is -1.90. The number of hydrogen-bond acceptors (Lipinski definition) is 4. The van der Waals surface area contributed by atoms with E-state index in [9.17, 15) is 30.8 Å². The molecule has 2 rings (SSSR count). The van der Waals surface area contributed by atoms with Gasteiger partial charge in [0, 0.05) is 5.69 Å². The molecule has 30 heavy (non-hydrogen) atoms. The second kappa shape index (κ2) is 9.19.